The molecule has 3 nitrogen and oxygen atoms in total. The Kier molecular flexibility index (Phi) is 3.31. The van der Waals surface area contributed by atoms with Gasteiger partial charge in [-0.1, -0.05) is 12.5 Å². The molecule has 0 radical (unpaired) electrons. The summed E-state index contributed by atoms with van der Waals surface area (Å²) in [6, 6.07) is 7.07. The lowest BCUT2D eigenvalue weighted by Gasteiger charge is -2.27. The second-order valence-electron chi connectivity index (χ2n) is 5.09. The third-order valence-corrected chi connectivity index (χ3v) is 4.85. The van der Waals surface area contributed by atoms with E-state index < -0.39 is 0 Å². The highest BCUT2D eigenvalue weighted by Crippen LogP contribution is 2.35. The van der Waals surface area contributed by atoms with E-state index in [0.29, 0.717) is 6.04 Å². The van der Waals surface area contributed by atoms with Gasteiger partial charge in [0.2, 0.25) is 5.91 Å². The normalized spacial score (nSPS) is 23.2. The smallest absolute Gasteiger partial charge is 0.237 e. The monoisotopic (exact) mass is 262 g/mol. The molecule has 4 heteroatoms. The first-order valence-electron chi connectivity index (χ1n) is 6.56. The Morgan fingerprint density at radius 2 is 2.28 bits per heavy atom. The number of nitrogens with one attached hydrogen (secondary N) is 2. The van der Waals surface area contributed by atoms with Crippen LogP contribution in [0.25, 0.3) is 0 Å². The molecule has 1 aliphatic carbocycles. The number of fused-ring (bicyclic) bond motifs is 1. The van der Waals surface area contributed by atoms with Gasteiger partial charge in [0.1, 0.15) is 0 Å². The molecule has 2 N–H and O–H groups in total. The molecule has 0 saturated heterocycles. The van der Waals surface area contributed by atoms with E-state index in [1.165, 1.54) is 29.7 Å². The van der Waals surface area contributed by atoms with Gasteiger partial charge in [0.05, 0.1) is 10.9 Å². The fraction of sp³-hybridized carbons (Fsp3) is 0.500. The van der Waals surface area contributed by atoms with Crippen molar-refractivity contribution in [2.75, 3.05) is 5.32 Å². The summed E-state index contributed by atoms with van der Waals surface area (Å²) in [5, 5.41) is 6.53. The van der Waals surface area contributed by atoms with E-state index in [1.54, 1.807) is 11.8 Å². The Hall–Kier alpha value is -1.00. The third kappa shape index (κ3) is 2.40. The van der Waals surface area contributed by atoms with Crippen molar-refractivity contribution in [1.82, 2.24) is 5.32 Å². The first-order chi connectivity index (χ1) is 8.72. The lowest BCUT2D eigenvalue weighted by molar-refractivity contribution is -0.115. The predicted molar refractivity (Wildman–Crippen MR) is 74.9 cm³/mol. The molecular weight excluding hydrogens is 244 g/mol. The molecule has 1 unspecified atom stereocenters. The Bertz CT molecular complexity index is 471. The molecule has 0 spiro atoms. The fourth-order valence-electron chi connectivity index (χ4n) is 2.24. The first kappa shape index (κ1) is 12.1. The summed E-state index contributed by atoms with van der Waals surface area (Å²) in [6.07, 6.45) is 3.95. The topological polar surface area (TPSA) is 41.1 Å². The van der Waals surface area contributed by atoms with Crippen LogP contribution < -0.4 is 10.6 Å². The largest absolute Gasteiger partial charge is 0.324 e. The molecule has 18 heavy (non-hydrogen) atoms. The summed E-state index contributed by atoms with van der Waals surface area (Å²) < 4.78 is 0. The van der Waals surface area contributed by atoms with E-state index in [9.17, 15) is 4.79 Å². The van der Waals surface area contributed by atoms with Crippen LogP contribution >= 0.6 is 11.8 Å². The molecule has 1 aromatic carbocycles. The molecule has 96 valence electrons. The SMILES string of the molecule is CC1Sc2ccc(CNC3CCC3)cc2NC1=O. The average molecular weight is 262 g/mol. The van der Waals surface area contributed by atoms with Gasteiger partial charge >= 0.3 is 0 Å². The van der Waals surface area contributed by atoms with Crippen molar-refractivity contribution in [3.63, 3.8) is 0 Å². The number of amides is 1. The van der Waals surface area contributed by atoms with Crippen LogP contribution in [0.15, 0.2) is 23.1 Å². The van der Waals surface area contributed by atoms with Gasteiger partial charge in [-0.15, -0.1) is 11.8 Å². The van der Waals surface area contributed by atoms with Crippen molar-refractivity contribution in [2.45, 2.75) is 48.9 Å². The maximum atomic E-state index is 11.6. The van der Waals surface area contributed by atoms with Crippen LogP contribution in [0.1, 0.15) is 31.7 Å². The molecule has 1 amide bonds. The van der Waals surface area contributed by atoms with Crippen molar-refractivity contribution >= 4 is 23.4 Å². The van der Waals surface area contributed by atoms with E-state index in [4.69, 9.17) is 0 Å². The van der Waals surface area contributed by atoms with Gasteiger partial charge in [0.25, 0.3) is 0 Å². The van der Waals surface area contributed by atoms with Crippen LogP contribution in [0.4, 0.5) is 5.69 Å². The zero-order valence-electron chi connectivity index (χ0n) is 10.5. The Morgan fingerprint density at radius 3 is 3.00 bits per heavy atom. The van der Waals surface area contributed by atoms with Gasteiger partial charge < -0.3 is 10.6 Å². The summed E-state index contributed by atoms with van der Waals surface area (Å²) >= 11 is 1.64. The zero-order chi connectivity index (χ0) is 12.5. The van der Waals surface area contributed by atoms with Crippen LogP contribution in [-0.2, 0) is 11.3 Å². The van der Waals surface area contributed by atoms with Crippen molar-refractivity contribution in [3.8, 4) is 0 Å². The number of carbonyl (C=O) groups excluding carboxylic acids is 1. The highest BCUT2D eigenvalue weighted by molar-refractivity contribution is 8.00. The summed E-state index contributed by atoms with van der Waals surface area (Å²) in [7, 11) is 0. The minimum Gasteiger partial charge on any atom is -0.324 e. The van der Waals surface area contributed by atoms with Gasteiger partial charge in [-0.2, -0.15) is 0 Å². The second kappa shape index (κ2) is 4.94. The van der Waals surface area contributed by atoms with E-state index >= 15 is 0 Å². The van der Waals surface area contributed by atoms with Crippen LogP contribution in [0.2, 0.25) is 0 Å². The minimum atomic E-state index is 0.0106. The number of benzene rings is 1. The van der Waals surface area contributed by atoms with Crippen LogP contribution in [0, 0.1) is 0 Å². The third-order valence-electron chi connectivity index (χ3n) is 3.67. The molecule has 0 bridgehead atoms. The quantitative estimate of drug-likeness (QED) is 0.880. The van der Waals surface area contributed by atoms with Gasteiger partial charge in [0.15, 0.2) is 0 Å². The first-order valence-corrected chi connectivity index (χ1v) is 7.44. The lowest BCUT2D eigenvalue weighted by atomic mass is 9.93. The molecule has 1 aliphatic heterocycles. The van der Waals surface area contributed by atoms with Crippen molar-refractivity contribution in [1.29, 1.82) is 0 Å². The number of thioether (sulfide) groups is 1. The van der Waals surface area contributed by atoms with Crippen molar-refractivity contribution in [3.05, 3.63) is 23.8 Å². The minimum absolute atomic E-state index is 0.0106. The molecule has 1 aromatic rings. The molecule has 1 fully saturated rings. The number of anilines is 1. The molecule has 1 atom stereocenters. The van der Waals surface area contributed by atoms with Gasteiger partial charge in [-0.3, -0.25) is 4.79 Å². The van der Waals surface area contributed by atoms with E-state index in [1.807, 2.05) is 6.92 Å². The summed E-state index contributed by atoms with van der Waals surface area (Å²) in [5.41, 5.74) is 2.21. The van der Waals surface area contributed by atoms with Crippen LogP contribution in [0.3, 0.4) is 0 Å². The van der Waals surface area contributed by atoms with Crippen molar-refractivity contribution in [2.24, 2.45) is 0 Å². The number of carbonyl (C=O) groups is 1. The highest BCUT2D eigenvalue weighted by atomic mass is 32.2. The predicted octanol–water partition coefficient (Wildman–Crippen LogP) is 2.76. The van der Waals surface area contributed by atoms with Crippen LogP contribution in [0.5, 0.6) is 0 Å². The Labute approximate surface area is 112 Å². The summed E-state index contributed by atoms with van der Waals surface area (Å²) in [6.45, 7) is 2.84. The van der Waals surface area contributed by atoms with Gasteiger partial charge in [0, 0.05) is 17.5 Å². The fourth-order valence-corrected chi connectivity index (χ4v) is 3.17. The molecule has 1 saturated carbocycles. The standard InChI is InChI=1S/C14H18N2OS/c1-9-14(17)16-12-7-10(5-6-13(12)18-9)8-15-11-3-2-4-11/h5-7,9,11,15H,2-4,8H2,1H3,(H,16,17). The summed E-state index contributed by atoms with van der Waals surface area (Å²) in [4.78, 5) is 12.8. The maximum absolute atomic E-state index is 11.6. The van der Waals surface area contributed by atoms with Crippen molar-refractivity contribution < 1.29 is 4.79 Å². The van der Waals surface area contributed by atoms with Gasteiger partial charge in [-0.05, 0) is 37.5 Å². The van der Waals surface area contributed by atoms with Crippen LogP contribution in [-0.4, -0.2) is 17.2 Å². The number of hydrogen-bond donors (Lipinski definition) is 2. The highest BCUT2D eigenvalue weighted by Gasteiger charge is 2.23. The zero-order valence-corrected chi connectivity index (χ0v) is 11.3. The number of hydrogen-bond acceptors (Lipinski definition) is 3. The molecule has 1 heterocycles. The Morgan fingerprint density at radius 1 is 1.44 bits per heavy atom. The van der Waals surface area contributed by atoms with E-state index in [0.717, 1.165) is 12.2 Å². The Balaban J connectivity index is 1.70. The number of rotatable bonds is 3. The van der Waals surface area contributed by atoms with E-state index in [2.05, 4.69) is 28.8 Å². The molecule has 3 rings (SSSR count). The van der Waals surface area contributed by atoms with Gasteiger partial charge in [-0.25, -0.2) is 0 Å². The second-order valence-corrected chi connectivity index (χ2v) is 6.47. The molecule has 2 aliphatic rings. The summed E-state index contributed by atoms with van der Waals surface area (Å²) in [5.74, 6) is 0.108. The lowest BCUT2D eigenvalue weighted by Crippen LogP contribution is -2.34. The maximum Gasteiger partial charge on any atom is 0.237 e. The molecule has 0 aromatic heterocycles. The van der Waals surface area contributed by atoms with E-state index in [-0.39, 0.29) is 11.2 Å². The average Bonchev–Trinajstić information content (AvgIpc) is 2.29. The molecular formula is C14H18N2OS.